The lowest BCUT2D eigenvalue weighted by atomic mass is 10.1. The van der Waals surface area contributed by atoms with Crippen LogP contribution in [0.25, 0.3) is 10.8 Å². The molecule has 0 saturated heterocycles. The highest BCUT2D eigenvalue weighted by Crippen LogP contribution is 2.29. The van der Waals surface area contributed by atoms with Crippen molar-refractivity contribution in [1.29, 1.82) is 0 Å². The molecule has 0 fully saturated rings. The molecule has 0 aliphatic carbocycles. The van der Waals surface area contributed by atoms with Crippen LogP contribution in [0.5, 0.6) is 0 Å². The molecule has 0 amide bonds. The summed E-state index contributed by atoms with van der Waals surface area (Å²) in [7, 11) is -3.54. The summed E-state index contributed by atoms with van der Waals surface area (Å²) in [5.41, 5.74) is 0. The van der Waals surface area contributed by atoms with Crippen LogP contribution < -0.4 is 4.72 Å². The summed E-state index contributed by atoms with van der Waals surface area (Å²) in [5, 5.41) is 1.60. The predicted molar refractivity (Wildman–Crippen MR) is 93.7 cm³/mol. The fourth-order valence-electron chi connectivity index (χ4n) is 2.43. The van der Waals surface area contributed by atoms with E-state index in [1.54, 1.807) is 24.7 Å². The van der Waals surface area contributed by atoms with Gasteiger partial charge in [-0.2, -0.15) is 0 Å². The maximum Gasteiger partial charge on any atom is 0.241 e. The molecule has 5 nitrogen and oxygen atoms in total. The predicted octanol–water partition coefficient (Wildman–Crippen LogP) is 3.17. The normalized spacial score (nSPS) is 11.9. The Morgan fingerprint density at radius 3 is 2.65 bits per heavy atom. The first kappa shape index (κ1) is 16.2. The largest absolute Gasteiger partial charge is 0.337 e. The average molecular weight is 394 g/mol. The van der Waals surface area contributed by atoms with Gasteiger partial charge in [-0.25, -0.2) is 18.1 Å². The standard InChI is InChI=1S/C16H16BrN3O2S/c17-15-6-7-16(14-5-2-1-4-13(14)15)23(21,22)19-8-3-10-20-11-9-18-12-20/h1-2,4-7,9,11-12,19H,3,8,10H2. The van der Waals surface area contributed by atoms with Gasteiger partial charge in [-0.3, -0.25) is 0 Å². The smallest absolute Gasteiger partial charge is 0.241 e. The van der Waals surface area contributed by atoms with Crippen molar-refractivity contribution in [1.82, 2.24) is 14.3 Å². The van der Waals surface area contributed by atoms with Crippen LogP contribution in [0.1, 0.15) is 6.42 Å². The minimum absolute atomic E-state index is 0.305. The number of aromatic nitrogens is 2. The zero-order valence-corrected chi connectivity index (χ0v) is 14.7. The molecule has 1 N–H and O–H groups in total. The van der Waals surface area contributed by atoms with Gasteiger partial charge in [-0.15, -0.1) is 0 Å². The van der Waals surface area contributed by atoms with Gasteiger partial charge in [0.15, 0.2) is 0 Å². The first-order chi connectivity index (χ1) is 11.1. The summed E-state index contributed by atoms with van der Waals surface area (Å²) in [5.74, 6) is 0. The number of halogens is 1. The molecule has 23 heavy (non-hydrogen) atoms. The number of rotatable bonds is 6. The number of fused-ring (bicyclic) bond motifs is 1. The summed E-state index contributed by atoms with van der Waals surface area (Å²) >= 11 is 3.46. The Morgan fingerprint density at radius 1 is 1.13 bits per heavy atom. The molecule has 3 aromatic rings. The van der Waals surface area contributed by atoms with Crippen LogP contribution in [0.3, 0.4) is 0 Å². The van der Waals surface area contributed by atoms with E-state index >= 15 is 0 Å². The van der Waals surface area contributed by atoms with E-state index < -0.39 is 10.0 Å². The van der Waals surface area contributed by atoms with Crippen LogP contribution in [0, 0.1) is 0 Å². The average Bonchev–Trinajstić information content (AvgIpc) is 3.05. The number of benzene rings is 2. The molecule has 1 heterocycles. The van der Waals surface area contributed by atoms with E-state index in [4.69, 9.17) is 0 Å². The summed E-state index contributed by atoms with van der Waals surface area (Å²) in [4.78, 5) is 4.26. The second-order valence-electron chi connectivity index (χ2n) is 5.14. The quantitative estimate of drug-likeness (QED) is 0.654. The third kappa shape index (κ3) is 3.63. The molecule has 120 valence electrons. The fraction of sp³-hybridized carbons (Fsp3) is 0.188. The van der Waals surface area contributed by atoms with Gasteiger partial charge in [0.25, 0.3) is 0 Å². The summed E-state index contributed by atoms with van der Waals surface area (Å²) in [6, 6.07) is 10.8. The van der Waals surface area contributed by atoms with Gasteiger partial charge in [0.05, 0.1) is 11.2 Å². The lowest BCUT2D eigenvalue weighted by molar-refractivity contribution is 0.570. The Morgan fingerprint density at radius 2 is 1.91 bits per heavy atom. The number of aryl methyl sites for hydroxylation is 1. The molecule has 3 rings (SSSR count). The van der Waals surface area contributed by atoms with Crippen LogP contribution in [0.2, 0.25) is 0 Å². The zero-order chi connectivity index (χ0) is 16.3. The Balaban J connectivity index is 1.76. The molecule has 1 aromatic heterocycles. The van der Waals surface area contributed by atoms with Gasteiger partial charge >= 0.3 is 0 Å². The molecule has 0 saturated carbocycles. The van der Waals surface area contributed by atoms with Crippen LogP contribution in [-0.2, 0) is 16.6 Å². The Labute approximate surface area is 143 Å². The number of hydrogen-bond donors (Lipinski definition) is 1. The van der Waals surface area contributed by atoms with Crippen LogP contribution in [-0.4, -0.2) is 24.5 Å². The van der Waals surface area contributed by atoms with Crippen LogP contribution >= 0.6 is 15.9 Å². The summed E-state index contributed by atoms with van der Waals surface area (Å²) in [6.07, 6.45) is 5.98. The minimum Gasteiger partial charge on any atom is -0.337 e. The number of nitrogens with zero attached hydrogens (tertiary/aromatic N) is 2. The van der Waals surface area contributed by atoms with Gasteiger partial charge in [0, 0.05) is 35.3 Å². The molecule has 7 heteroatoms. The molecule has 0 unspecified atom stereocenters. The van der Waals surface area contributed by atoms with Crippen molar-refractivity contribution in [3.05, 3.63) is 59.6 Å². The van der Waals surface area contributed by atoms with Crippen LogP contribution in [0.15, 0.2) is 64.5 Å². The number of imidazole rings is 1. The summed E-state index contributed by atoms with van der Waals surface area (Å²) < 4.78 is 30.6. The van der Waals surface area contributed by atoms with E-state index in [0.29, 0.717) is 23.2 Å². The maximum absolute atomic E-state index is 12.6. The van der Waals surface area contributed by atoms with Crippen molar-refractivity contribution in [2.75, 3.05) is 6.54 Å². The molecule has 0 aliphatic rings. The molecular formula is C16H16BrN3O2S. The van der Waals surface area contributed by atoms with E-state index in [0.717, 1.165) is 16.4 Å². The maximum atomic E-state index is 12.6. The molecule has 0 bridgehead atoms. The Kier molecular flexibility index (Phi) is 4.79. The molecule has 0 radical (unpaired) electrons. The first-order valence-electron chi connectivity index (χ1n) is 7.20. The Hall–Kier alpha value is -1.70. The lowest BCUT2D eigenvalue weighted by Crippen LogP contribution is -2.25. The zero-order valence-electron chi connectivity index (χ0n) is 12.3. The van der Waals surface area contributed by atoms with Gasteiger partial charge in [-0.05, 0) is 23.9 Å². The second-order valence-corrected chi connectivity index (χ2v) is 7.73. The first-order valence-corrected chi connectivity index (χ1v) is 9.48. The van der Waals surface area contributed by atoms with Crippen molar-refractivity contribution < 1.29 is 8.42 Å². The molecular weight excluding hydrogens is 378 g/mol. The number of nitrogens with one attached hydrogen (secondary N) is 1. The lowest BCUT2D eigenvalue weighted by Gasteiger charge is -2.11. The summed E-state index contributed by atoms with van der Waals surface area (Å²) in [6.45, 7) is 1.11. The van der Waals surface area contributed by atoms with Crippen molar-refractivity contribution in [3.63, 3.8) is 0 Å². The minimum atomic E-state index is -3.54. The van der Waals surface area contributed by atoms with Crippen molar-refractivity contribution in [3.8, 4) is 0 Å². The Bertz CT molecular complexity index is 908. The van der Waals surface area contributed by atoms with Gasteiger partial charge in [0.2, 0.25) is 10.0 Å². The monoisotopic (exact) mass is 393 g/mol. The van der Waals surface area contributed by atoms with Gasteiger partial charge in [0.1, 0.15) is 0 Å². The van der Waals surface area contributed by atoms with Crippen molar-refractivity contribution >= 4 is 36.7 Å². The van der Waals surface area contributed by atoms with Crippen molar-refractivity contribution in [2.24, 2.45) is 0 Å². The van der Waals surface area contributed by atoms with Crippen LogP contribution in [0.4, 0.5) is 0 Å². The van der Waals surface area contributed by atoms with Gasteiger partial charge < -0.3 is 4.57 Å². The third-order valence-corrected chi connectivity index (χ3v) is 5.78. The van der Waals surface area contributed by atoms with E-state index in [1.807, 2.05) is 35.0 Å². The number of sulfonamides is 1. The highest BCUT2D eigenvalue weighted by Gasteiger charge is 2.17. The van der Waals surface area contributed by atoms with E-state index in [-0.39, 0.29) is 0 Å². The highest BCUT2D eigenvalue weighted by atomic mass is 79.9. The highest BCUT2D eigenvalue weighted by molar-refractivity contribution is 9.10. The SMILES string of the molecule is O=S(=O)(NCCCn1ccnc1)c1ccc(Br)c2ccccc12. The number of hydrogen-bond acceptors (Lipinski definition) is 3. The fourth-order valence-corrected chi connectivity index (χ4v) is 4.20. The molecule has 0 aliphatic heterocycles. The second kappa shape index (κ2) is 6.82. The topological polar surface area (TPSA) is 64.0 Å². The third-order valence-electron chi connectivity index (χ3n) is 3.56. The van der Waals surface area contributed by atoms with Gasteiger partial charge in [-0.1, -0.05) is 40.2 Å². The van der Waals surface area contributed by atoms with E-state index in [9.17, 15) is 8.42 Å². The van der Waals surface area contributed by atoms with Crippen molar-refractivity contribution in [2.45, 2.75) is 17.9 Å². The van der Waals surface area contributed by atoms with E-state index in [2.05, 4.69) is 25.6 Å². The molecule has 0 spiro atoms. The molecule has 0 atom stereocenters. The molecule has 2 aromatic carbocycles. The van der Waals surface area contributed by atoms with E-state index in [1.165, 1.54) is 0 Å².